The smallest absolute Gasteiger partial charge is 0.231 e. The van der Waals surface area contributed by atoms with Crippen LogP contribution in [0.3, 0.4) is 0 Å². The maximum absolute atomic E-state index is 5.95. The first-order chi connectivity index (χ1) is 8.46. The molecule has 4 heteroatoms. The minimum Gasteiger partial charge on any atom is -0.454 e. The van der Waals surface area contributed by atoms with Gasteiger partial charge in [-0.2, -0.15) is 0 Å². The minimum atomic E-state index is -0.0917. The van der Waals surface area contributed by atoms with Crippen LogP contribution in [0.15, 0.2) is 12.1 Å². The Bertz CT molecular complexity index is 425. The fourth-order valence-corrected chi connectivity index (χ4v) is 2.00. The molecule has 0 atom stereocenters. The number of benzene rings is 1. The van der Waals surface area contributed by atoms with Crippen molar-refractivity contribution in [3.05, 3.63) is 17.7 Å². The standard InChI is InChI=1S/C14H22N2O2/c1-10-7-12-13(18-9-17-12)8-11(10)16-6-4-5-14(2,3)15/h7-8,16H,4-6,9,15H2,1-3H3. The van der Waals surface area contributed by atoms with Crippen molar-refractivity contribution in [3.63, 3.8) is 0 Å². The maximum atomic E-state index is 5.95. The number of aryl methyl sites for hydroxylation is 1. The molecule has 0 saturated heterocycles. The Morgan fingerprint density at radius 1 is 1.28 bits per heavy atom. The van der Waals surface area contributed by atoms with Crippen LogP contribution < -0.4 is 20.5 Å². The van der Waals surface area contributed by atoms with E-state index in [4.69, 9.17) is 15.2 Å². The molecule has 1 aromatic rings. The van der Waals surface area contributed by atoms with Crippen LogP contribution in [0.1, 0.15) is 32.3 Å². The third kappa shape index (κ3) is 3.29. The van der Waals surface area contributed by atoms with Crippen LogP contribution in [0.25, 0.3) is 0 Å². The van der Waals surface area contributed by atoms with Gasteiger partial charge < -0.3 is 20.5 Å². The summed E-state index contributed by atoms with van der Waals surface area (Å²) in [5.41, 5.74) is 8.14. The third-order valence-electron chi connectivity index (χ3n) is 3.03. The van der Waals surface area contributed by atoms with E-state index in [2.05, 4.69) is 26.1 Å². The topological polar surface area (TPSA) is 56.5 Å². The maximum Gasteiger partial charge on any atom is 0.231 e. The van der Waals surface area contributed by atoms with Gasteiger partial charge in [-0.05, 0) is 45.2 Å². The van der Waals surface area contributed by atoms with E-state index < -0.39 is 0 Å². The van der Waals surface area contributed by atoms with E-state index in [-0.39, 0.29) is 5.54 Å². The first-order valence-corrected chi connectivity index (χ1v) is 6.39. The Balaban J connectivity index is 1.90. The number of fused-ring (bicyclic) bond motifs is 1. The Hall–Kier alpha value is -1.42. The van der Waals surface area contributed by atoms with Gasteiger partial charge in [-0.1, -0.05) is 0 Å². The summed E-state index contributed by atoms with van der Waals surface area (Å²) in [7, 11) is 0. The number of ether oxygens (including phenoxy) is 2. The highest BCUT2D eigenvalue weighted by Gasteiger charge is 2.15. The number of anilines is 1. The van der Waals surface area contributed by atoms with Crippen molar-refractivity contribution >= 4 is 5.69 Å². The van der Waals surface area contributed by atoms with Gasteiger partial charge in [0.05, 0.1) is 0 Å². The molecule has 2 rings (SSSR count). The van der Waals surface area contributed by atoms with Crippen molar-refractivity contribution in [2.24, 2.45) is 5.73 Å². The lowest BCUT2D eigenvalue weighted by atomic mass is 10.0. The molecule has 1 aromatic carbocycles. The number of hydrogen-bond acceptors (Lipinski definition) is 4. The fourth-order valence-electron chi connectivity index (χ4n) is 2.00. The molecule has 1 heterocycles. The second-order valence-electron chi connectivity index (χ2n) is 5.54. The second-order valence-corrected chi connectivity index (χ2v) is 5.54. The summed E-state index contributed by atoms with van der Waals surface area (Å²) in [4.78, 5) is 0. The highest BCUT2D eigenvalue weighted by atomic mass is 16.7. The SMILES string of the molecule is Cc1cc2c(cc1NCCCC(C)(C)N)OCO2. The average Bonchev–Trinajstić information content (AvgIpc) is 2.70. The Labute approximate surface area is 108 Å². The summed E-state index contributed by atoms with van der Waals surface area (Å²) in [6, 6.07) is 4.02. The Kier molecular flexibility index (Phi) is 3.66. The average molecular weight is 250 g/mol. The number of hydrogen-bond donors (Lipinski definition) is 2. The zero-order chi connectivity index (χ0) is 13.2. The van der Waals surface area contributed by atoms with Gasteiger partial charge in [0.25, 0.3) is 0 Å². The Morgan fingerprint density at radius 2 is 1.94 bits per heavy atom. The van der Waals surface area contributed by atoms with E-state index in [1.54, 1.807) is 0 Å². The van der Waals surface area contributed by atoms with Crippen molar-refractivity contribution in [3.8, 4) is 11.5 Å². The summed E-state index contributed by atoms with van der Waals surface area (Å²) < 4.78 is 10.7. The van der Waals surface area contributed by atoms with Gasteiger partial charge in [0, 0.05) is 23.8 Å². The summed E-state index contributed by atoms with van der Waals surface area (Å²) in [6.07, 6.45) is 2.06. The lowest BCUT2D eigenvalue weighted by Gasteiger charge is -2.18. The van der Waals surface area contributed by atoms with Crippen LogP contribution in [0, 0.1) is 6.92 Å². The van der Waals surface area contributed by atoms with E-state index in [0.29, 0.717) is 6.79 Å². The molecule has 0 aliphatic carbocycles. The molecule has 1 aliphatic rings. The lowest BCUT2D eigenvalue weighted by Crippen LogP contribution is -2.32. The van der Waals surface area contributed by atoms with Crippen molar-refractivity contribution < 1.29 is 9.47 Å². The van der Waals surface area contributed by atoms with Gasteiger partial charge in [0.15, 0.2) is 11.5 Å². The summed E-state index contributed by atoms with van der Waals surface area (Å²) >= 11 is 0. The summed E-state index contributed by atoms with van der Waals surface area (Å²) in [6.45, 7) is 7.41. The van der Waals surface area contributed by atoms with Gasteiger partial charge >= 0.3 is 0 Å². The molecule has 0 bridgehead atoms. The molecule has 0 amide bonds. The van der Waals surface area contributed by atoms with Crippen molar-refractivity contribution in [1.82, 2.24) is 0 Å². The second kappa shape index (κ2) is 5.06. The molecule has 0 aromatic heterocycles. The predicted octanol–water partition coefficient (Wildman–Crippen LogP) is 2.65. The molecule has 0 fully saturated rings. The van der Waals surface area contributed by atoms with E-state index >= 15 is 0 Å². The third-order valence-corrected chi connectivity index (χ3v) is 3.03. The van der Waals surface area contributed by atoms with Gasteiger partial charge in [-0.25, -0.2) is 0 Å². The Morgan fingerprint density at radius 3 is 2.61 bits per heavy atom. The summed E-state index contributed by atoms with van der Waals surface area (Å²) in [5.74, 6) is 1.66. The minimum absolute atomic E-state index is 0.0917. The lowest BCUT2D eigenvalue weighted by molar-refractivity contribution is 0.174. The zero-order valence-electron chi connectivity index (χ0n) is 11.4. The molecule has 0 unspecified atom stereocenters. The molecular weight excluding hydrogens is 228 g/mol. The van der Waals surface area contributed by atoms with Crippen LogP contribution in [-0.2, 0) is 0 Å². The fraction of sp³-hybridized carbons (Fsp3) is 0.571. The van der Waals surface area contributed by atoms with Crippen LogP contribution in [-0.4, -0.2) is 18.9 Å². The molecule has 0 spiro atoms. The van der Waals surface area contributed by atoms with Crippen LogP contribution >= 0.6 is 0 Å². The molecule has 1 aliphatic heterocycles. The summed E-state index contributed by atoms with van der Waals surface area (Å²) in [5, 5.41) is 3.42. The largest absolute Gasteiger partial charge is 0.454 e. The van der Waals surface area contributed by atoms with E-state index in [1.165, 1.54) is 5.56 Å². The molecule has 3 N–H and O–H groups in total. The molecule has 18 heavy (non-hydrogen) atoms. The molecule has 4 nitrogen and oxygen atoms in total. The first-order valence-electron chi connectivity index (χ1n) is 6.39. The van der Waals surface area contributed by atoms with Crippen molar-refractivity contribution in [2.45, 2.75) is 39.2 Å². The number of rotatable bonds is 5. The zero-order valence-corrected chi connectivity index (χ0v) is 11.4. The molecule has 0 saturated carbocycles. The van der Waals surface area contributed by atoms with Gasteiger partial charge in [-0.3, -0.25) is 0 Å². The van der Waals surface area contributed by atoms with Gasteiger partial charge in [0.1, 0.15) is 0 Å². The van der Waals surface area contributed by atoms with Gasteiger partial charge in [-0.15, -0.1) is 0 Å². The number of nitrogens with two attached hydrogens (primary N) is 1. The molecular formula is C14H22N2O2. The monoisotopic (exact) mass is 250 g/mol. The highest BCUT2D eigenvalue weighted by Crippen LogP contribution is 2.36. The van der Waals surface area contributed by atoms with Crippen molar-refractivity contribution in [2.75, 3.05) is 18.7 Å². The highest BCUT2D eigenvalue weighted by molar-refractivity contribution is 5.60. The van der Waals surface area contributed by atoms with Gasteiger partial charge in [0.2, 0.25) is 6.79 Å². The van der Waals surface area contributed by atoms with E-state index in [9.17, 15) is 0 Å². The van der Waals surface area contributed by atoms with Crippen LogP contribution in [0.5, 0.6) is 11.5 Å². The van der Waals surface area contributed by atoms with E-state index in [0.717, 1.165) is 36.6 Å². The number of nitrogens with one attached hydrogen (secondary N) is 1. The molecule has 0 radical (unpaired) electrons. The van der Waals surface area contributed by atoms with Crippen molar-refractivity contribution in [1.29, 1.82) is 0 Å². The predicted molar refractivity (Wildman–Crippen MR) is 73.3 cm³/mol. The van der Waals surface area contributed by atoms with E-state index in [1.807, 2.05) is 12.1 Å². The normalized spacial score (nSPS) is 13.8. The first kappa shape index (κ1) is 13.0. The van der Waals surface area contributed by atoms with Crippen LogP contribution in [0.2, 0.25) is 0 Å². The quantitative estimate of drug-likeness (QED) is 0.789. The van der Waals surface area contributed by atoms with Crippen LogP contribution in [0.4, 0.5) is 5.69 Å². The molecule has 100 valence electrons.